The third-order valence-electron chi connectivity index (χ3n) is 3.80. The number of aryl methyl sites for hydroxylation is 1. The first-order valence-electron chi connectivity index (χ1n) is 7.15. The monoisotopic (exact) mass is 288 g/mol. The third-order valence-corrected chi connectivity index (χ3v) is 3.80. The van der Waals surface area contributed by atoms with E-state index in [2.05, 4.69) is 21.6 Å². The smallest absolute Gasteiger partial charge is 0.133 e. The first-order valence-corrected chi connectivity index (χ1v) is 7.15. The fourth-order valence-electron chi connectivity index (χ4n) is 2.60. The van der Waals surface area contributed by atoms with Crippen LogP contribution in [0.5, 0.6) is 11.5 Å². The molecule has 112 valence electrons. The number of nitrogens with zero attached hydrogens (tertiary/aromatic N) is 3. The van der Waals surface area contributed by atoms with E-state index in [0.29, 0.717) is 0 Å². The molecule has 0 bridgehead atoms. The summed E-state index contributed by atoms with van der Waals surface area (Å²) in [6.45, 7) is 1.59. The summed E-state index contributed by atoms with van der Waals surface area (Å²) in [5, 5.41) is 11.6. The molecular formula is C15H20N4O2. The van der Waals surface area contributed by atoms with Crippen LogP contribution in [0.4, 0.5) is 0 Å². The van der Waals surface area contributed by atoms with Crippen molar-refractivity contribution in [2.45, 2.75) is 18.9 Å². The molecule has 0 radical (unpaired) electrons. The molecule has 3 rings (SSSR count). The Morgan fingerprint density at radius 3 is 3.14 bits per heavy atom. The van der Waals surface area contributed by atoms with E-state index in [0.717, 1.165) is 43.3 Å². The second kappa shape index (κ2) is 6.13. The van der Waals surface area contributed by atoms with Gasteiger partial charge in [0.15, 0.2) is 0 Å². The van der Waals surface area contributed by atoms with Gasteiger partial charge in [0.25, 0.3) is 0 Å². The van der Waals surface area contributed by atoms with Crippen molar-refractivity contribution < 1.29 is 9.47 Å². The van der Waals surface area contributed by atoms with E-state index in [1.807, 2.05) is 23.7 Å². The molecule has 1 aliphatic heterocycles. The van der Waals surface area contributed by atoms with Crippen LogP contribution in [0.15, 0.2) is 24.5 Å². The molecule has 1 unspecified atom stereocenters. The molecule has 1 atom stereocenters. The summed E-state index contributed by atoms with van der Waals surface area (Å²) in [4.78, 5) is 0. The van der Waals surface area contributed by atoms with Gasteiger partial charge in [0, 0.05) is 38.0 Å². The lowest BCUT2D eigenvalue weighted by atomic mass is 10.00. The molecule has 1 aromatic heterocycles. The van der Waals surface area contributed by atoms with Crippen molar-refractivity contribution in [3.8, 4) is 11.5 Å². The van der Waals surface area contributed by atoms with Crippen LogP contribution in [0.2, 0.25) is 0 Å². The zero-order valence-electron chi connectivity index (χ0n) is 12.4. The Hall–Kier alpha value is -2.08. The minimum atomic E-state index is 0.289. The highest BCUT2D eigenvalue weighted by Gasteiger charge is 2.21. The third kappa shape index (κ3) is 3.00. The van der Waals surface area contributed by atoms with Crippen LogP contribution in [0.1, 0.15) is 23.9 Å². The van der Waals surface area contributed by atoms with Gasteiger partial charge in [0.05, 0.1) is 13.7 Å². The van der Waals surface area contributed by atoms with Gasteiger partial charge in [0.1, 0.15) is 23.7 Å². The lowest BCUT2D eigenvalue weighted by Gasteiger charge is -2.27. The van der Waals surface area contributed by atoms with E-state index in [-0.39, 0.29) is 6.04 Å². The SMILES string of the molecule is COc1ccc2c(c1)C(NCCc1nncn1C)CCO2. The highest BCUT2D eigenvalue weighted by atomic mass is 16.5. The second-order valence-corrected chi connectivity index (χ2v) is 5.16. The summed E-state index contributed by atoms with van der Waals surface area (Å²) >= 11 is 0. The maximum absolute atomic E-state index is 5.70. The Balaban J connectivity index is 1.66. The lowest BCUT2D eigenvalue weighted by molar-refractivity contribution is 0.252. The van der Waals surface area contributed by atoms with Gasteiger partial charge in [-0.05, 0) is 18.2 Å². The molecule has 1 N–H and O–H groups in total. The predicted octanol–water partition coefficient (Wildman–Crippen LogP) is 1.48. The maximum atomic E-state index is 5.70. The summed E-state index contributed by atoms with van der Waals surface area (Å²) < 4.78 is 13.0. The number of rotatable bonds is 5. The minimum absolute atomic E-state index is 0.289. The van der Waals surface area contributed by atoms with E-state index in [4.69, 9.17) is 9.47 Å². The van der Waals surface area contributed by atoms with Crippen molar-refractivity contribution in [3.63, 3.8) is 0 Å². The van der Waals surface area contributed by atoms with E-state index in [1.54, 1.807) is 13.4 Å². The number of aromatic nitrogens is 3. The van der Waals surface area contributed by atoms with Crippen LogP contribution in [-0.4, -0.2) is 35.0 Å². The fraction of sp³-hybridized carbons (Fsp3) is 0.467. The molecule has 21 heavy (non-hydrogen) atoms. The van der Waals surface area contributed by atoms with Crippen molar-refractivity contribution in [2.24, 2.45) is 7.05 Å². The van der Waals surface area contributed by atoms with Crippen LogP contribution in [0, 0.1) is 0 Å². The number of nitrogens with one attached hydrogen (secondary N) is 1. The van der Waals surface area contributed by atoms with E-state index in [1.165, 1.54) is 5.56 Å². The zero-order valence-corrected chi connectivity index (χ0v) is 12.4. The van der Waals surface area contributed by atoms with Gasteiger partial charge in [-0.25, -0.2) is 0 Å². The standard InChI is InChI=1S/C15H20N4O2/c1-19-10-17-18-15(19)5-7-16-13-6-8-21-14-4-3-11(20-2)9-12(13)14/h3-4,9-10,13,16H,5-8H2,1-2H3. The first kappa shape index (κ1) is 13.9. The molecule has 0 saturated carbocycles. The summed E-state index contributed by atoms with van der Waals surface area (Å²) in [6, 6.07) is 6.25. The van der Waals surface area contributed by atoms with Crippen LogP contribution in [0.25, 0.3) is 0 Å². The lowest BCUT2D eigenvalue weighted by Crippen LogP contribution is -2.29. The normalized spacial score (nSPS) is 17.1. The van der Waals surface area contributed by atoms with Crippen molar-refractivity contribution in [2.75, 3.05) is 20.3 Å². The number of fused-ring (bicyclic) bond motifs is 1. The van der Waals surface area contributed by atoms with Crippen LogP contribution in [0.3, 0.4) is 0 Å². The number of benzene rings is 1. The zero-order chi connectivity index (χ0) is 14.7. The van der Waals surface area contributed by atoms with Gasteiger partial charge in [-0.1, -0.05) is 0 Å². The van der Waals surface area contributed by atoms with Gasteiger partial charge >= 0.3 is 0 Å². The van der Waals surface area contributed by atoms with Gasteiger partial charge in [0.2, 0.25) is 0 Å². The minimum Gasteiger partial charge on any atom is -0.497 e. The predicted molar refractivity (Wildman–Crippen MR) is 78.6 cm³/mol. The Morgan fingerprint density at radius 1 is 1.48 bits per heavy atom. The molecule has 0 spiro atoms. The van der Waals surface area contributed by atoms with E-state index >= 15 is 0 Å². The molecule has 2 aromatic rings. The molecule has 6 nitrogen and oxygen atoms in total. The van der Waals surface area contributed by atoms with Crippen LogP contribution < -0.4 is 14.8 Å². The Bertz CT molecular complexity index is 611. The fourth-order valence-corrected chi connectivity index (χ4v) is 2.60. The largest absolute Gasteiger partial charge is 0.497 e. The number of hydrogen-bond donors (Lipinski definition) is 1. The van der Waals surface area contributed by atoms with Crippen molar-refractivity contribution in [1.29, 1.82) is 0 Å². The molecule has 1 aromatic carbocycles. The summed E-state index contributed by atoms with van der Waals surface area (Å²) in [7, 11) is 3.64. The van der Waals surface area contributed by atoms with Crippen LogP contribution in [-0.2, 0) is 13.5 Å². The van der Waals surface area contributed by atoms with Gasteiger partial charge < -0.3 is 19.4 Å². The number of methoxy groups -OCH3 is 1. The van der Waals surface area contributed by atoms with E-state index in [9.17, 15) is 0 Å². The van der Waals surface area contributed by atoms with Gasteiger partial charge in [-0.2, -0.15) is 0 Å². The second-order valence-electron chi connectivity index (χ2n) is 5.16. The topological polar surface area (TPSA) is 61.2 Å². The van der Waals surface area contributed by atoms with Gasteiger partial charge in [-0.3, -0.25) is 0 Å². The summed E-state index contributed by atoms with van der Waals surface area (Å²) in [5.41, 5.74) is 1.17. The van der Waals surface area contributed by atoms with Crippen LogP contribution >= 0.6 is 0 Å². The highest BCUT2D eigenvalue weighted by molar-refractivity contribution is 5.43. The summed E-state index contributed by atoms with van der Waals surface area (Å²) in [5.74, 6) is 2.79. The molecular weight excluding hydrogens is 268 g/mol. The Kier molecular flexibility index (Phi) is 4.06. The molecule has 6 heteroatoms. The van der Waals surface area contributed by atoms with Crippen molar-refractivity contribution in [1.82, 2.24) is 20.1 Å². The molecule has 1 aliphatic rings. The molecule has 2 heterocycles. The Labute approximate surface area is 124 Å². The number of hydrogen-bond acceptors (Lipinski definition) is 5. The number of ether oxygens (including phenoxy) is 2. The molecule has 0 aliphatic carbocycles. The van der Waals surface area contributed by atoms with E-state index < -0.39 is 0 Å². The average Bonchev–Trinajstić information content (AvgIpc) is 2.92. The molecule has 0 saturated heterocycles. The quantitative estimate of drug-likeness (QED) is 0.903. The molecule has 0 amide bonds. The maximum Gasteiger partial charge on any atom is 0.133 e. The first-order chi connectivity index (χ1) is 10.3. The molecule has 0 fully saturated rings. The Morgan fingerprint density at radius 2 is 2.38 bits per heavy atom. The van der Waals surface area contributed by atoms with Crippen molar-refractivity contribution >= 4 is 0 Å². The van der Waals surface area contributed by atoms with Crippen molar-refractivity contribution in [3.05, 3.63) is 35.9 Å². The highest BCUT2D eigenvalue weighted by Crippen LogP contribution is 2.34. The van der Waals surface area contributed by atoms with Gasteiger partial charge in [-0.15, -0.1) is 10.2 Å². The summed E-state index contributed by atoms with van der Waals surface area (Å²) in [6.07, 6.45) is 3.54. The average molecular weight is 288 g/mol.